The Balaban J connectivity index is 0. The minimum absolute atomic E-state index is 0.167. The van der Waals surface area contributed by atoms with Crippen LogP contribution in [0.25, 0.3) is 0 Å². The number of fused-ring (bicyclic) bond motifs is 1. The van der Waals surface area contributed by atoms with E-state index in [0.29, 0.717) is 6.10 Å². The fraction of sp³-hybridized carbons (Fsp3) is 0.667. The molecule has 0 fully saturated rings. The van der Waals surface area contributed by atoms with Gasteiger partial charge in [-0.2, -0.15) is 0 Å². The van der Waals surface area contributed by atoms with E-state index in [4.69, 9.17) is 9.84 Å². The van der Waals surface area contributed by atoms with Gasteiger partial charge < -0.3 is 9.84 Å². The van der Waals surface area contributed by atoms with E-state index in [9.17, 15) is 0 Å². The number of aryl methyl sites for hydroxylation is 1. The third-order valence-corrected chi connectivity index (χ3v) is 2.05. The van der Waals surface area contributed by atoms with Crippen molar-refractivity contribution in [3.8, 4) is 5.75 Å². The molecule has 1 aromatic carbocycles. The molecule has 0 saturated carbocycles. The van der Waals surface area contributed by atoms with Crippen molar-refractivity contribution in [2.75, 3.05) is 0 Å². The number of rotatable bonds is 0. The van der Waals surface area contributed by atoms with Crippen LogP contribution < -0.4 is 4.74 Å². The van der Waals surface area contributed by atoms with Gasteiger partial charge in [-0.05, 0) is 39.3 Å². The lowest BCUT2D eigenvalue weighted by molar-refractivity contribution is 0.216. The van der Waals surface area contributed by atoms with Crippen molar-refractivity contribution in [2.45, 2.75) is 80.4 Å². The summed E-state index contributed by atoms with van der Waals surface area (Å²) in [6.07, 6.45) is 2.52. The molecule has 118 valence electrons. The van der Waals surface area contributed by atoms with Crippen LogP contribution in [0.1, 0.15) is 66.0 Å². The molecule has 1 atom stereocenters. The van der Waals surface area contributed by atoms with E-state index in [1.807, 2.05) is 13.8 Å². The van der Waals surface area contributed by atoms with Crippen molar-refractivity contribution < 1.29 is 9.84 Å². The molecule has 0 spiro atoms. The highest BCUT2D eigenvalue weighted by Crippen LogP contribution is 2.28. The summed E-state index contributed by atoms with van der Waals surface area (Å²) in [7, 11) is 0. The lowest BCUT2D eigenvalue weighted by Gasteiger charge is -2.01. The molecule has 0 aliphatic carbocycles. The predicted molar refractivity (Wildman–Crippen MR) is 89.6 cm³/mol. The van der Waals surface area contributed by atoms with E-state index < -0.39 is 0 Å². The predicted octanol–water partition coefficient (Wildman–Crippen LogP) is 5.15. The van der Waals surface area contributed by atoms with Gasteiger partial charge in [-0.25, -0.2) is 0 Å². The summed E-state index contributed by atoms with van der Waals surface area (Å²) in [6.45, 7) is 15.9. The number of hydrogen-bond acceptors (Lipinski definition) is 2. The molecule has 1 aliphatic rings. The van der Waals surface area contributed by atoms with Crippen LogP contribution >= 0.6 is 0 Å². The zero-order valence-electron chi connectivity index (χ0n) is 14.7. The molecule has 1 unspecified atom stereocenters. The van der Waals surface area contributed by atoms with Crippen molar-refractivity contribution in [2.24, 2.45) is 0 Å². The lowest BCUT2D eigenvalue weighted by Crippen LogP contribution is -2.05. The van der Waals surface area contributed by atoms with Gasteiger partial charge in [-0.1, -0.05) is 51.8 Å². The highest BCUT2D eigenvalue weighted by molar-refractivity contribution is 5.40. The van der Waals surface area contributed by atoms with Crippen LogP contribution in [0.2, 0.25) is 0 Å². The van der Waals surface area contributed by atoms with Gasteiger partial charge in [0.05, 0.1) is 0 Å². The van der Waals surface area contributed by atoms with E-state index in [1.165, 1.54) is 17.5 Å². The van der Waals surface area contributed by atoms with Crippen LogP contribution in [-0.2, 0) is 6.42 Å². The van der Waals surface area contributed by atoms with Crippen LogP contribution in [0.15, 0.2) is 18.2 Å². The van der Waals surface area contributed by atoms with Gasteiger partial charge in [0.25, 0.3) is 0 Å². The van der Waals surface area contributed by atoms with Gasteiger partial charge in [-0.3, -0.25) is 0 Å². The second kappa shape index (κ2) is 13.0. The van der Waals surface area contributed by atoms with Gasteiger partial charge in [0.1, 0.15) is 11.9 Å². The Morgan fingerprint density at radius 3 is 2.15 bits per heavy atom. The van der Waals surface area contributed by atoms with Crippen molar-refractivity contribution in [3.63, 3.8) is 0 Å². The summed E-state index contributed by atoms with van der Waals surface area (Å²) in [5.74, 6) is 1.07. The molecule has 0 saturated heterocycles. The second-order valence-electron chi connectivity index (χ2n) is 5.04. The first-order valence-corrected chi connectivity index (χ1v) is 7.84. The van der Waals surface area contributed by atoms with Crippen LogP contribution in [0.5, 0.6) is 5.75 Å². The number of hydrogen-bond donors (Lipinski definition) is 1. The summed E-state index contributed by atoms with van der Waals surface area (Å²) in [4.78, 5) is 0. The molecule has 0 aromatic heterocycles. The Hall–Kier alpha value is -1.02. The molecular weight excluding hydrogens is 248 g/mol. The highest BCUT2D eigenvalue weighted by Gasteiger charge is 2.17. The maximum Gasteiger partial charge on any atom is 0.123 e. The van der Waals surface area contributed by atoms with Crippen molar-refractivity contribution >= 4 is 0 Å². The Bertz CT molecular complexity index is 329. The normalized spacial score (nSPS) is 14.6. The number of benzene rings is 1. The zero-order chi connectivity index (χ0) is 16.1. The van der Waals surface area contributed by atoms with Gasteiger partial charge in [-0.15, -0.1) is 0 Å². The fourth-order valence-electron chi connectivity index (χ4n) is 1.55. The van der Waals surface area contributed by atoms with E-state index in [2.05, 4.69) is 45.9 Å². The number of aliphatic hydroxyl groups excluding tert-OH is 1. The molecule has 1 aliphatic heterocycles. The molecule has 0 amide bonds. The van der Waals surface area contributed by atoms with Gasteiger partial charge in [0.2, 0.25) is 0 Å². The van der Waals surface area contributed by atoms with E-state index in [0.717, 1.165) is 12.2 Å². The van der Waals surface area contributed by atoms with Crippen molar-refractivity contribution in [1.82, 2.24) is 0 Å². The fourth-order valence-corrected chi connectivity index (χ4v) is 1.55. The van der Waals surface area contributed by atoms with E-state index in [1.54, 1.807) is 13.8 Å². The molecule has 1 heterocycles. The largest absolute Gasteiger partial charge is 0.490 e. The van der Waals surface area contributed by atoms with Crippen molar-refractivity contribution in [1.29, 1.82) is 0 Å². The Morgan fingerprint density at radius 2 is 1.70 bits per heavy atom. The van der Waals surface area contributed by atoms with Crippen LogP contribution in [0.3, 0.4) is 0 Å². The molecular formula is C18H34O2. The first-order chi connectivity index (χ1) is 9.40. The Labute approximate surface area is 126 Å². The molecule has 2 rings (SSSR count). The standard InChI is InChI=1S/C10H12O.C3H8O.C3H8.C2H6/c1-7-3-4-10-9(5-7)6-8(2)11-10;1-3(2)4;1-3-2;1-2/h3-5,8H,6H2,1-2H3;3-4H,1-2H3;3H2,1-2H3;1-2H3. The topological polar surface area (TPSA) is 29.5 Å². The summed E-state index contributed by atoms with van der Waals surface area (Å²) in [6, 6.07) is 6.36. The van der Waals surface area contributed by atoms with Gasteiger partial charge in [0.15, 0.2) is 0 Å². The number of ether oxygens (including phenoxy) is 1. The Kier molecular flexibility index (Phi) is 13.8. The SMILES string of the molecule is CC.CC(C)O.CCC.Cc1ccc2c(c1)CC(C)O2. The average Bonchev–Trinajstić information content (AvgIpc) is 2.71. The number of aliphatic hydroxyl groups is 1. The van der Waals surface area contributed by atoms with Crippen LogP contribution in [0, 0.1) is 6.92 Å². The molecule has 0 bridgehead atoms. The first kappa shape index (κ1) is 21.3. The summed E-state index contributed by atoms with van der Waals surface area (Å²) in [5.41, 5.74) is 2.68. The average molecular weight is 282 g/mol. The molecule has 2 heteroatoms. The maximum atomic E-state index is 8.06. The Morgan fingerprint density at radius 1 is 1.25 bits per heavy atom. The summed E-state index contributed by atoms with van der Waals surface area (Å²) in [5, 5.41) is 8.06. The molecule has 2 nitrogen and oxygen atoms in total. The van der Waals surface area contributed by atoms with E-state index in [-0.39, 0.29) is 6.10 Å². The summed E-state index contributed by atoms with van der Waals surface area (Å²) >= 11 is 0. The summed E-state index contributed by atoms with van der Waals surface area (Å²) < 4.78 is 5.56. The van der Waals surface area contributed by atoms with Gasteiger partial charge >= 0.3 is 0 Å². The molecule has 1 N–H and O–H groups in total. The van der Waals surface area contributed by atoms with Gasteiger partial charge in [0, 0.05) is 12.5 Å². The molecule has 1 aromatic rings. The maximum absolute atomic E-state index is 8.06. The van der Waals surface area contributed by atoms with Crippen LogP contribution in [0.4, 0.5) is 0 Å². The quantitative estimate of drug-likeness (QED) is 0.713. The molecule has 20 heavy (non-hydrogen) atoms. The second-order valence-corrected chi connectivity index (χ2v) is 5.04. The lowest BCUT2D eigenvalue weighted by atomic mass is 10.1. The molecule has 0 radical (unpaired) electrons. The minimum atomic E-state index is -0.167. The third-order valence-electron chi connectivity index (χ3n) is 2.05. The highest BCUT2D eigenvalue weighted by atomic mass is 16.5. The van der Waals surface area contributed by atoms with Crippen LogP contribution in [-0.4, -0.2) is 17.3 Å². The van der Waals surface area contributed by atoms with Crippen molar-refractivity contribution in [3.05, 3.63) is 29.3 Å². The minimum Gasteiger partial charge on any atom is -0.490 e. The first-order valence-electron chi connectivity index (χ1n) is 7.84. The third kappa shape index (κ3) is 10.9. The smallest absolute Gasteiger partial charge is 0.123 e. The monoisotopic (exact) mass is 282 g/mol. The van der Waals surface area contributed by atoms with E-state index >= 15 is 0 Å². The zero-order valence-corrected chi connectivity index (χ0v) is 14.7.